The quantitative estimate of drug-likeness (QED) is 0.890. The summed E-state index contributed by atoms with van der Waals surface area (Å²) in [6.07, 6.45) is 3.92. The van der Waals surface area contributed by atoms with E-state index in [4.69, 9.17) is 5.11 Å². The van der Waals surface area contributed by atoms with Gasteiger partial charge < -0.3 is 10.0 Å². The SMILES string of the molecule is C[C@H](C(=O)N1CC[C@H](C(=O)O)C1)N1CCC(Cc2ccccc2)CC1. The van der Waals surface area contributed by atoms with Gasteiger partial charge in [0, 0.05) is 13.1 Å². The van der Waals surface area contributed by atoms with E-state index in [0.29, 0.717) is 25.4 Å². The zero-order chi connectivity index (χ0) is 17.8. The first kappa shape index (κ1) is 17.9. The van der Waals surface area contributed by atoms with Crippen molar-refractivity contribution in [3.63, 3.8) is 0 Å². The first-order chi connectivity index (χ1) is 12.0. The highest BCUT2D eigenvalue weighted by Crippen LogP contribution is 2.24. The third kappa shape index (κ3) is 4.40. The lowest BCUT2D eigenvalue weighted by Crippen LogP contribution is -2.49. The molecule has 0 aromatic heterocycles. The third-order valence-electron chi connectivity index (χ3n) is 5.77. The Bertz CT molecular complexity index is 596. The van der Waals surface area contributed by atoms with Crippen molar-refractivity contribution < 1.29 is 14.7 Å². The molecule has 2 aliphatic rings. The maximum absolute atomic E-state index is 12.7. The summed E-state index contributed by atoms with van der Waals surface area (Å²) in [6, 6.07) is 10.4. The molecule has 2 saturated heterocycles. The first-order valence-electron chi connectivity index (χ1n) is 9.34. The van der Waals surface area contributed by atoms with Crippen LogP contribution in [0.3, 0.4) is 0 Å². The van der Waals surface area contributed by atoms with E-state index in [-0.39, 0.29) is 11.9 Å². The summed E-state index contributed by atoms with van der Waals surface area (Å²) >= 11 is 0. The summed E-state index contributed by atoms with van der Waals surface area (Å²) in [7, 11) is 0. The summed E-state index contributed by atoms with van der Waals surface area (Å²) in [5, 5.41) is 9.10. The molecule has 25 heavy (non-hydrogen) atoms. The summed E-state index contributed by atoms with van der Waals surface area (Å²) in [6.45, 7) is 4.79. The molecule has 2 heterocycles. The normalized spacial score (nSPS) is 23.6. The minimum atomic E-state index is -0.787. The Kier molecular flexibility index (Phi) is 5.74. The lowest BCUT2D eigenvalue weighted by atomic mass is 9.89. The van der Waals surface area contributed by atoms with Crippen LogP contribution in [0.2, 0.25) is 0 Å². The van der Waals surface area contributed by atoms with Gasteiger partial charge in [0.1, 0.15) is 0 Å². The van der Waals surface area contributed by atoms with E-state index < -0.39 is 11.9 Å². The van der Waals surface area contributed by atoms with Crippen molar-refractivity contribution in [2.75, 3.05) is 26.2 Å². The van der Waals surface area contributed by atoms with Crippen LogP contribution in [0.15, 0.2) is 30.3 Å². The van der Waals surface area contributed by atoms with Gasteiger partial charge in [-0.25, -0.2) is 0 Å². The van der Waals surface area contributed by atoms with Gasteiger partial charge >= 0.3 is 5.97 Å². The number of nitrogens with zero attached hydrogens (tertiary/aromatic N) is 2. The number of hydrogen-bond donors (Lipinski definition) is 1. The van der Waals surface area contributed by atoms with E-state index in [1.54, 1.807) is 4.90 Å². The van der Waals surface area contributed by atoms with Crippen LogP contribution in [0.25, 0.3) is 0 Å². The highest BCUT2D eigenvalue weighted by Gasteiger charge is 2.35. The van der Waals surface area contributed by atoms with Crippen LogP contribution in [-0.4, -0.2) is 59.0 Å². The topological polar surface area (TPSA) is 60.9 Å². The standard InChI is InChI=1S/C20H28N2O3/c1-15(19(23)22-12-9-18(14-22)20(24)25)21-10-7-17(8-11-21)13-16-5-3-2-4-6-16/h2-6,15,17-18H,7-14H2,1H3,(H,24,25)/t15-,18+/m1/s1. The number of hydrogen-bond acceptors (Lipinski definition) is 3. The van der Waals surface area contributed by atoms with Gasteiger partial charge in [0.25, 0.3) is 0 Å². The number of carboxylic acids is 1. The zero-order valence-electron chi connectivity index (χ0n) is 14.9. The smallest absolute Gasteiger partial charge is 0.308 e. The van der Waals surface area contributed by atoms with E-state index in [9.17, 15) is 9.59 Å². The Morgan fingerprint density at radius 3 is 2.40 bits per heavy atom. The predicted octanol–water partition coefficient (Wildman–Crippen LogP) is 2.26. The average molecular weight is 344 g/mol. The number of likely N-dealkylation sites (tertiary alicyclic amines) is 2. The summed E-state index contributed by atoms with van der Waals surface area (Å²) < 4.78 is 0. The Morgan fingerprint density at radius 2 is 1.80 bits per heavy atom. The van der Waals surface area contributed by atoms with Gasteiger partial charge in [-0.1, -0.05) is 30.3 Å². The molecule has 0 radical (unpaired) electrons. The van der Waals surface area contributed by atoms with E-state index in [1.807, 2.05) is 13.0 Å². The van der Waals surface area contributed by atoms with Crippen LogP contribution in [0.5, 0.6) is 0 Å². The number of benzene rings is 1. The van der Waals surface area contributed by atoms with Crippen molar-refractivity contribution in [1.29, 1.82) is 0 Å². The van der Waals surface area contributed by atoms with Gasteiger partial charge in [-0.15, -0.1) is 0 Å². The second-order valence-electron chi connectivity index (χ2n) is 7.45. The molecule has 3 rings (SSSR count). The lowest BCUT2D eigenvalue weighted by Gasteiger charge is -2.36. The number of aliphatic carboxylic acids is 1. The molecule has 5 heteroatoms. The molecule has 1 aromatic rings. The molecular formula is C20H28N2O3. The van der Waals surface area contributed by atoms with Crippen molar-refractivity contribution in [2.24, 2.45) is 11.8 Å². The molecule has 0 bridgehead atoms. The largest absolute Gasteiger partial charge is 0.481 e. The molecule has 1 amide bonds. The Morgan fingerprint density at radius 1 is 1.12 bits per heavy atom. The minimum Gasteiger partial charge on any atom is -0.481 e. The number of rotatable bonds is 5. The predicted molar refractivity (Wildman–Crippen MR) is 96.2 cm³/mol. The molecule has 5 nitrogen and oxygen atoms in total. The fourth-order valence-corrected chi connectivity index (χ4v) is 4.07. The number of piperidine rings is 1. The number of amides is 1. The van der Waals surface area contributed by atoms with Crippen LogP contribution < -0.4 is 0 Å². The number of carbonyl (C=O) groups is 2. The molecule has 0 saturated carbocycles. The van der Waals surface area contributed by atoms with Gasteiger partial charge in [-0.05, 0) is 57.2 Å². The van der Waals surface area contributed by atoms with Gasteiger partial charge in [0.15, 0.2) is 0 Å². The van der Waals surface area contributed by atoms with E-state index in [2.05, 4.69) is 29.2 Å². The lowest BCUT2D eigenvalue weighted by molar-refractivity contribution is -0.141. The Balaban J connectivity index is 1.47. The number of carbonyl (C=O) groups excluding carboxylic acids is 1. The van der Waals surface area contributed by atoms with E-state index in [1.165, 1.54) is 5.56 Å². The second-order valence-corrected chi connectivity index (χ2v) is 7.45. The fraction of sp³-hybridized carbons (Fsp3) is 0.600. The van der Waals surface area contributed by atoms with Gasteiger partial charge in [-0.3, -0.25) is 14.5 Å². The van der Waals surface area contributed by atoms with Crippen molar-refractivity contribution in [3.8, 4) is 0 Å². The van der Waals surface area contributed by atoms with Crippen LogP contribution in [-0.2, 0) is 16.0 Å². The van der Waals surface area contributed by atoms with Crippen LogP contribution in [0.1, 0.15) is 31.7 Å². The molecule has 2 aliphatic heterocycles. The zero-order valence-corrected chi connectivity index (χ0v) is 14.9. The summed E-state index contributed by atoms with van der Waals surface area (Å²) in [5.41, 5.74) is 1.39. The van der Waals surface area contributed by atoms with Gasteiger partial charge in [0.2, 0.25) is 5.91 Å². The van der Waals surface area contributed by atoms with Crippen LogP contribution >= 0.6 is 0 Å². The molecule has 0 spiro atoms. The highest BCUT2D eigenvalue weighted by molar-refractivity contribution is 5.83. The third-order valence-corrected chi connectivity index (χ3v) is 5.77. The monoisotopic (exact) mass is 344 g/mol. The van der Waals surface area contributed by atoms with E-state index >= 15 is 0 Å². The van der Waals surface area contributed by atoms with Gasteiger partial charge in [-0.2, -0.15) is 0 Å². The van der Waals surface area contributed by atoms with Crippen molar-refractivity contribution in [2.45, 2.75) is 38.6 Å². The van der Waals surface area contributed by atoms with Crippen molar-refractivity contribution in [3.05, 3.63) is 35.9 Å². The molecule has 0 aliphatic carbocycles. The highest BCUT2D eigenvalue weighted by atomic mass is 16.4. The second kappa shape index (κ2) is 8.00. The summed E-state index contributed by atoms with van der Waals surface area (Å²) in [5.74, 6) is -0.410. The maximum atomic E-state index is 12.7. The number of carboxylic acid groups (broad SMARTS) is 1. The molecule has 0 unspecified atom stereocenters. The maximum Gasteiger partial charge on any atom is 0.308 e. The molecule has 2 fully saturated rings. The Hall–Kier alpha value is -1.88. The van der Waals surface area contributed by atoms with Crippen LogP contribution in [0, 0.1) is 11.8 Å². The molecule has 136 valence electrons. The molecule has 1 aromatic carbocycles. The van der Waals surface area contributed by atoms with Crippen LogP contribution in [0.4, 0.5) is 0 Å². The minimum absolute atomic E-state index is 0.0882. The summed E-state index contributed by atoms with van der Waals surface area (Å²) in [4.78, 5) is 27.8. The van der Waals surface area contributed by atoms with Crippen molar-refractivity contribution >= 4 is 11.9 Å². The fourth-order valence-electron chi connectivity index (χ4n) is 4.07. The van der Waals surface area contributed by atoms with E-state index in [0.717, 1.165) is 32.4 Å². The van der Waals surface area contributed by atoms with Gasteiger partial charge in [0.05, 0.1) is 12.0 Å². The molecular weight excluding hydrogens is 316 g/mol. The van der Waals surface area contributed by atoms with Crippen molar-refractivity contribution in [1.82, 2.24) is 9.80 Å². The Labute approximate surface area is 149 Å². The average Bonchev–Trinajstić information content (AvgIpc) is 3.12. The molecule has 1 N–H and O–H groups in total. The first-order valence-corrected chi connectivity index (χ1v) is 9.34. The molecule has 2 atom stereocenters.